The molecule has 1 atom stereocenters. The van der Waals surface area contributed by atoms with E-state index in [1.54, 1.807) is 16.0 Å². The summed E-state index contributed by atoms with van der Waals surface area (Å²) in [6, 6.07) is 2.37. The second-order valence-electron chi connectivity index (χ2n) is 3.71. The van der Waals surface area contributed by atoms with Crippen molar-refractivity contribution in [3.05, 3.63) is 31.1 Å². The van der Waals surface area contributed by atoms with Crippen molar-refractivity contribution in [1.82, 2.24) is 20.3 Å². The predicted octanol–water partition coefficient (Wildman–Crippen LogP) is 2.90. The number of hydrogen-bond donors (Lipinski definition) is 1. The van der Waals surface area contributed by atoms with Crippen molar-refractivity contribution >= 4 is 43.2 Å². The number of likely N-dealkylation sites (N-methyl/N-ethyl adjacent to an activating group) is 1. The summed E-state index contributed by atoms with van der Waals surface area (Å²) in [5.41, 5.74) is 2.23. The van der Waals surface area contributed by atoms with Gasteiger partial charge in [-0.25, -0.2) is 0 Å². The molecule has 0 spiro atoms. The second kappa shape index (κ2) is 5.60. The van der Waals surface area contributed by atoms with E-state index < -0.39 is 0 Å². The monoisotopic (exact) mass is 378 g/mol. The van der Waals surface area contributed by atoms with Crippen molar-refractivity contribution < 1.29 is 0 Å². The first kappa shape index (κ1) is 13.2. The molecule has 2 aromatic heterocycles. The summed E-state index contributed by atoms with van der Waals surface area (Å²) >= 11 is 8.76. The molecule has 0 radical (unpaired) electrons. The molecule has 0 aromatic carbocycles. The summed E-state index contributed by atoms with van der Waals surface area (Å²) in [7, 11) is 3.83. The number of aryl methyl sites for hydroxylation is 1. The molecule has 0 aliphatic heterocycles. The highest BCUT2D eigenvalue weighted by Crippen LogP contribution is 2.36. The molecule has 0 saturated carbocycles. The number of aromatic nitrogens is 3. The summed E-state index contributed by atoms with van der Waals surface area (Å²) in [5, 5.41) is 11.4. The second-order valence-corrected chi connectivity index (χ2v) is 7.46. The molecule has 7 heteroatoms. The molecule has 92 valence electrons. The first-order valence-electron chi connectivity index (χ1n) is 5.07. The molecule has 1 N–H and O–H groups in total. The summed E-state index contributed by atoms with van der Waals surface area (Å²) in [6.45, 7) is 0. The maximum Gasteiger partial charge on any atom is 0.0845 e. The first-order chi connectivity index (χ1) is 8.10. The van der Waals surface area contributed by atoms with Gasteiger partial charge in [0.15, 0.2) is 0 Å². The maximum absolute atomic E-state index is 4.11. The van der Waals surface area contributed by atoms with Gasteiger partial charge in [-0.05, 0) is 50.5 Å². The smallest absolute Gasteiger partial charge is 0.0845 e. The van der Waals surface area contributed by atoms with Gasteiger partial charge in [-0.2, -0.15) is 0 Å². The molecular weight excluding hydrogens is 368 g/mol. The minimum absolute atomic E-state index is 0.239. The molecule has 2 aromatic rings. The van der Waals surface area contributed by atoms with Crippen LogP contribution < -0.4 is 5.32 Å². The van der Waals surface area contributed by atoms with Crippen molar-refractivity contribution in [3.8, 4) is 0 Å². The van der Waals surface area contributed by atoms with Crippen LogP contribution in [0.5, 0.6) is 0 Å². The summed E-state index contributed by atoms with van der Waals surface area (Å²) in [6.07, 6.45) is 2.77. The molecule has 0 saturated heterocycles. The minimum Gasteiger partial charge on any atom is -0.313 e. The number of halogens is 2. The fourth-order valence-corrected chi connectivity index (χ4v) is 4.63. The Morgan fingerprint density at radius 3 is 2.76 bits per heavy atom. The van der Waals surface area contributed by atoms with Crippen molar-refractivity contribution in [2.45, 2.75) is 12.5 Å². The van der Waals surface area contributed by atoms with Gasteiger partial charge in [-0.3, -0.25) is 4.68 Å². The third kappa shape index (κ3) is 3.15. The lowest BCUT2D eigenvalue weighted by molar-refractivity contribution is 0.583. The van der Waals surface area contributed by atoms with Crippen LogP contribution in [-0.4, -0.2) is 22.0 Å². The molecule has 2 rings (SSSR count). The standard InChI is InChI=1S/C10H12Br2N4S/c1-13-8(3-6-5-16(2)15-14-6)7-4-9(11)17-10(7)12/h4-5,8,13H,3H2,1-2H3. The van der Waals surface area contributed by atoms with Gasteiger partial charge in [-0.1, -0.05) is 5.21 Å². The third-order valence-corrected chi connectivity index (χ3v) is 4.86. The molecule has 2 heterocycles. The Hall–Kier alpha value is -0.240. The molecule has 0 aliphatic rings. The Morgan fingerprint density at radius 2 is 2.29 bits per heavy atom. The molecular formula is C10H12Br2N4S. The van der Waals surface area contributed by atoms with E-state index in [0.29, 0.717) is 0 Å². The van der Waals surface area contributed by atoms with E-state index in [0.717, 1.165) is 19.7 Å². The summed E-state index contributed by atoms with van der Waals surface area (Å²) < 4.78 is 3.99. The molecule has 0 amide bonds. The lowest BCUT2D eigenvalue weighted by Crippen LogP contribution is -2.18. The zero-order chi connectivity index (χ0) is 12.4. The fourth-order valence-electron chi connectivity index (χ4n) is 1.66. The lowest BCUT2D eigenvalue weighted by atomic mass is 10.1. The van der Waals surface area contributed by atoms with Crippen LogP contribution in [0.25, 0.3) is 0 Å². The fraction of sp³-hybridized carbons (Fsp3) is 0.400. The van der Waals surface area contributed by atoms with Crippen LogP contribution in [-0.2, 0) is 13.5 Å². The van der Waals surface area contributed by atoms with Gasteiger partial charge >= 0.3 is 0 Å². The van der Waals surface area contributed by atoms with Crippen LogP contribution in [0.1, 0.15) is 17.3 Å². The quantitative estimate of drug-likeness (QED) is 0.887. The van der Waals surface area contributed by atoms with Gasteiger partial charge < -0.3 is 5.32 Å². The Labute approximate surface area is 121 Å². The average Bonchev–Trinajstić information content (AvgIpc) is 2.82. The van der Waals surface area contributed by atoms with Crippen LogP contribution in [0, 0.1) is 0 Å². The van der Waals surface area contributed by atoms with Crippen molar-refractivity contribution in [2.75, 3.05) is 7.05 Å². The van der Waals surface area contributed by atoms with Crippen LogP contribution in [0.15, 0.2) is 19.8 Å². The predicted molar refractivity (Wildman–Crippen MR) is 76.2 cm³/mol. The highest BCUT2D eigenvalue weighted by molar-refractivity contribution is 9.12. The van der Waals surface area contributed by atoms with E-state index in [4.69, 9.17) is 0 Å². The number of rotatable bonds is 4. The van der Waals surface area contributed by atoms with E-state index in [-0.39, 0.29) is 6.04 Å². The molecule has 0 fully saturated rings. The topological polar surface area (TPSA) is 42.7 Å². The van der Waals surface area contributed by atoms with E-state index in [1.165, 1.54) is 5.56 Å². The molecule has 0 bridgehead atoms. The molecule has 17 heavy (non-hydrogen) atoms. The van der Waals surface area contributed by atoms with E-state index >= 15 is 0 Å². The summed E-state index contributed by atoms with van der Waals surface area (Å²) in [4.78, 5) is 0. The van der Waals surface area contributed by atoms with E-state index in [2.05, 4.69) is 53.6 Å². The minimum atomic E-state index is 0.239. The number of nitrogens with one attached hydrogen (secondary N) is 1. The van der Waals surface area contributed by atoms with Crippen LogP contribution in [0.2, 0.25) is 0 Å². The van der Waals surface area contributed by atoms with Crippen molar-refractivity contribution in [3.63, 3.8) is 0 Å². The van der Waals surface area contributed by atoms with E-state index in [1.807, 2.05) is 20.3 Å². The van der Waals surface area contributed by atoms with Crippen LogP contribution >= 0.6 is 43.2 Å². The van der Waals surface area contributed by atoms with Crippen LogP contribution in [0.4, 0.5) is 0 Å². The number of hydrogen-bond acceptors (Lipinski definition) is 4. The van der Waals surface area contributed by atoms with Gasteiger partial charge in [0.25, 0.3) is 0 Å². The lowest BCUT2D eigenvalue weighted by Gasteiger charge is -2.13. The zero-order valence-corrected chi connectivity index (χ0v) is 13.4. The molecule has 1 unspecified atom stereocenters. The largest absolute Gasteiger partial charge is 0.313 e. The normalized spacial score (nSPS) is 12.9. The number of nitrogens with zero attached hydrogens (tertiary/aromatic N) is 3. The SMILES string of the molecule is CNC(Cc1cn(C)nn1)c1cc(Br)sc1Br. The van der Waals surface area contributed by atoms with Gasteiger partial charge in [-0.15, -0.1) is 16.4 Å². The molecule has 0 aliphatic carbocycles. The third-order valence-electron chi connectivity index (χ3n) is 2.47. The Balaban J connectivity index is 2.19. The van der Waals surface area contributed by atoms with E-state index in [9.17, 15) is 0 Å². The summed E-state index contributed by atoms with van der Waals surface area (Å²) in [5.74, 6) is 0. The highest BCUT2D eigenvalue weighted by Gasteiger charge is 2.17. The average molecular weight is 380 g/mol. The van der Waals surface area contributed by atoms with Gasteiger partial charge in [0.05, 0.1) is 13.3 Å². The van der Waals surface area contributed by atoms with Crippen molar-refractivity contribution in [1.29, 1.82) is 0 Å². The van der Waals surface area contributed by atoms with Gasteiger partial charge in [0.1, 0.15) is 0 Å². The Kier molecular flexibility index (Phi) is 4.35. The zero-order valence-electron chi connectivity index (χ0n) is 9.44. The van der Waals surface area contributed by atoms with Gasteiger partial charge in [0.2, 0.25) is 0 Å². The molecule has 4 nitrogen and oxygen atoms in total. The van der Waals surface area contributed by atoms with Crippen molar-refractivity contribution in [2.24, 2.45) is 7.05 Å². The van der Waals surface area contributed by atoms with Gasteiger partial charge in [0, 0.05) is 25.7 Å². The maximum atomic E-state index is 4.11. The highest BCUT2D eigenvalue weighted by atomic mass is 79.9. The first-order valence-corrected chi connectivity index (χ1v) is 7.47. The van der Waals surface area contributed by atoms with Crippen LogP contribution in [0.3, 0.4) is 0 Å². The Bertz CT molecular complexity index is 508. The Morgan fingerprint density at radius 1 is 1.53 bits per heavy atom. The number of thiophene rings is 1.